The molecule has 56 heavy (non-hydrogen) atoms. The second-order valence-corrected chi connectivity index (χ2v) is 20.1. The Balaban J connectivity index is 0.000000189. The number of furan rings is 1. The first-order valence-electron chi connectivity index (χ1n) is 21.1. The number of imidazole rings is 1. The molecule has 0 saturated heterocycles. The Morgan fingerprint density at radius 1 is 0.804 bits per heavy atom. The summed E-state index contributed by atoms with van der Waals surface area (Å²) in [6.07, 6.45) is 0.328. The van der Waals surface area contributed by atoms with Crippen molar-refractivity contribution in [1.82, 2.24) is 14.5 Å². The van der Waals surface area contributed by atoms with Crippen molar-refractivity contribution in [2.45, 2.75) is 46.7 Å². The van der Waals surface area contributed by atoms with E-state index >= 15 is 0 Å². The van der Waals surface area contributed by atoms with Gasteiger partial charge in [-0.25, -0.2) is 0 Å². The topological polar surface area (TPSA) is 43.9 Å². The van der Waals surface area contributed by atoms with Gasteiger partial charge in [-0.3, -0.25) is 4.98 Å². The van der Waals surface area contributed by atoms with E-state index in [-0.39, 0.29) is 31.6 Å². The van der Waals surface area contributed by atoms with Gasteiger partial charge in [0.2, 0.25) is 0 Å². The predicted octanol–water partition coefficient (Wildman–Crippen LogP) is 12.7. The maximum atomic E-state index is 8.59. The second kappa shape index (κ2) is 16.4. The molecule has 0 fully saturated rings. The number of pyridine rings is 1. The van der Waals surface area contributed by atoms with Crippen LogP contribution in [0.25, 0.3) is 72.4 Å². The Kier molecular flexibility index (Phi) is 9.59. The molecule has 3 aromatic heterocycles. The minimum atomic E-state index is -2.16. The van der Waals surface area contributed by atoms with Crippen LogP contribution < -0.4 is 5.19 Å². The fourth-order valence-electron chi connectivity index (χ4n) is 6.98. The van der Waals surface area contributed by atoms with E-state index in [9.17, 15) is 0 Å². The van der Waals surface area contributed by atoms with Gasteiger partial charge in [-0.2, -0.15) is 0 Å². The second-order valence-electron chi connectivity index (χ2n) is 15.0. The number of fused-ring (bicyclic) bond motifs is 4. The van der Waals surface area contributed by atoms with E-state index < -0.39 is 21.3 Å². The Labute approximate surface area is 351 Å². The van der Waals surface area contributed by atoms with Crippen molar-refractivity contribution in [3.05, 3.63) is 169 Å². The summed E-state index contributed by atoms with van der Waals surface area (Å²) in [5.41, 5.74) is 10.1. The van der Waals surface area contributed by atoms with Crippen LogP contribution in [0.1, 0.15) is 31.8 Å². The van der Waals surface area contributed by atoms with Crippen LogP contribution in [-0.4, -0.2) is 22.6 Å². The monoisotopic (exact) mass is 929 g/mol. The van der Waals surface area contributed by atoms with Gasteiger partial charge in [0.15, 0.2) is 0 Å². The molecule has 281 valence electrons. The Bertz CT molecular complexity index is 2970. The molecule has 0 amide bonds. The van der Waals surface area contributed by atoms with Gasteiger partial charge < -0.3 is 14.0 Å². The first kappa shape index (κ1) is 32.8. The number of para-hydroxylation sites is 3. The van der Waals surface area contributed by atoms with Crippen molar-refractivity contribution in [2.75, 3.05) is 0 Å². The summed E-state index contributed by atoms with van der Waals surface area (Å²) >= 11 is 0. The average molecular weight is 929 g/mol. The zero-order valence-electron chi connectivity index (χ0n) is 37.0. The normalized spacial score (nSPS) is 13.3. The summed E-state index contributed by atoms with van der Waals surface area (Å²) in [6.45, 7) is 8.14. The molecule has 6 heteroatoms. The van der Waals surface area contributed by atoms with Gasteiger partial charge in [-0.1, -0.05) is 136 Å². The van der Waals surface area contributed by atoms with E-state index in [1.165, 1.54) is 11.6 Å². The van der Waals surface area contributed by atoms with Gasteiger partial charge in [0.05, 0.1) is 30.5 Å². The molecule has 9 aromatic rings. The molecule has 0 bridgehead atoms. The molecule has 6 aromatic carbocycles. The fourth-order valence-corrected chi connectivity index (χ4v) is 8.39. The molecule has 0 saturated carbocycles. The van der Waals surface area contributed by atoms with Crippen LogP contribution in [0.3, 0.4) is 0 Å². The maximum absolute atomic E-state index is 8.59. The molecule has 1 radical (unpaired) electrons. The molecule has 0 spiro atoms. The van der Waals surface area contributed by atoms with E-state index in [2.05, 4.69) is 120 Å². The molecular weight excluding hydrogens is 879 g/mol. The molecule has 9 rings (SSSR count). The van der Waals surface area contributed by atoms with Crippen LogP contribution in [0.15, 0.2) is 150 Å². The zero-order valence-corrected chi connectivity index (χ0v) is 35.4. The average Bonchev–Trinajstić information content (AvgIpc) is 3.82. The molecule has 0 aliphatic carbocycles. The summed E-state index contributed by atoms with van der Waals surface area (Å²) in [5.74, 6) is 0.644. The summed E-state index contributed by atoms with van der Waals surface area (Å²) in [6, 6.07) is 52.4. The van der Waals surface area contributed by atoms with Gasteiger partial charge in [-0.05, 0) is 64.6 Å². The number of hydrogen-bond acceptors (Lipinski definition) is 3. The van der Waals surface area contributed by atoms with Crippen molar-refractivity contribution in [3.8, 4) is 39.5 Å². The van der Waals surface area contributed by atoms with Gasteiger partial charge in [0.25, 0.3) is 0 Å². The number of aromatic nitrogens is 3. The van der Waals surface area contributed by atoms with Crippen LogP contribution in [0.4, 0.5) is 0 Å². The third-order valence-corrected chi connectivity index (χ3v) is 11.6. The smallest absolute Gasteiger partial charge is 0.120 e. The van der Waals surface area contributed by atoms with Crippen LogP contribution in [0.5, 0.6) is 0 Å². The first-order valence-corrected chi connectivity index (χ1v) is 22.1. The van der Waals surface area contributed by atoms with Gasteiger partial charge in [0, 0.05) is 44.2 Å². The number of hydrogen-bond donors (Lipinski definition) is 0. The van der Waals surface area contributed by atoms with Gasteiger partial charge in [0.1, 0.15) is 5.58 Å². The van der Waals surface area contributed by atoms with E-state index in [1.807, 2.05) is 56.3 Å². The van der Waals surface area contributed by atoms with E-state index in [0.29, 0.717) is 16.8 Å². The van der Waals surface area contributed by atoms with Crippen LogP contribution in [0, 0.1) is 24.9 Å². The Hall–Kier alpha value is -5.39. The number of rotatable bonds is 7. The molecular formula is C50H45IrN3OSi-2. The van der Waals surface area contributed by atoms with Crippen molar-refractivity contribution in [1.29, 1.82) is 0 Å². The zero-order chi connectivity index (χ0) is 42.4. The van der Waals surface area contributed by atoms with Crippen molar-refractivity contribution < 1.29 is 31.4 Å². The van der Waals surface area contributed by atoms with Gasteiger partial charge in [-0.15, -0.1) is 53.6 Å². The summed E-state index contributed by atoms with van der Waals surface area (Å²) in [4.78, 5) is 9.59. The molecule has 0 atom stereocenters. The number of nitrogens with zero attached hydrogens (tertiary/aromatic N) is 3. The van der Waals surface area contributed by atoms with Crippen LogP contribution in [0.2, 0.25) is 19.6 Å². The largest absolute Gasteiger partial charge is 0.501 e. The van der Waals surface area contributed by atoms with E-state index in [1.54, 1.807) is 18.3 Å². The number of benzene rings is 6. The molecule has 3 heterocycles. The molecule has 0 N–H and O–H groups in total. The third-order valence-electron chi connectivity index (χ3n) is 9.58. The van der Waals surface area contributed by atoms with E-state index in [4.69, 9.17) is 16.3 Å². The summed E-state index contributed by atoms with van der Waals surface area (Å²) in [7, 11) is -1.78. The fraction of sp³-hybridized carbons (Fsp3) is 0.160. The van der Waals surface area contributed by atoms with Crippen LogP contribution >= 0.6 is 0 Å². The number of aryl methyl sites for hydroxylation is 1. The third kappa shape index (κ3) is 7.96. The summed E-state index contributed by atoms with van der Waals surface area (Å²) in [5, 5.41) is 3.18. The quantitative estimate of drug-likeness (QED) is 0.118. The van der Waals surface area contributed by atoms with E-state index in [0.717, 1.165) is 60.8 Å². The molecule has 4 nitrogen and oxygen atoms in total. The minimum Gasteiger partial charge on any atom is -0.501 e. The maximum Gasteiger partial charge on any atom is 0.120 e. The van der Waals surface area contributed by atoms with Crippen molar-refractivity contribution in [2.24, 2.45) is 5.92 Å². The molecule has 0 aliphatic heterocycles. The van der Waals surface area contributed by atoms with Crippen molar-refractivity contribution >= 4 is 46.2 Å². The van der Waals surface area contributed by atoms with Crippen molar-refractivity contribution in [3.63, 3.8) is 0 Å². The predicted molar refractivity (Wildman–Crippen MR) is 233 cm³/mol. The summed E-state index contributed by atoms with van der Waals surface area (Å²) < 4.78 is 48.1. The molecule has 0 aliphatic rings. The Morgan fingerprint density at radius 2 is 1.57 bits per heavy atom. The standard InChI is InChI=1S/C31H19N2O.C19H26NSi.Ir/c1-2-10-21(11-3-1)22-12-8-13-23(20-22)33-28-18-6-5-17-27(28)32-31(33)26-16-9-15-25-24-14-4-7-19-29(24)34-30(25)26;1-14(2)11-17-12-18(16-9-7-15(3)8-10-16)20-13-19(17)21(4,5)6;/h1-15,17-20H;7-9,12-14H,11H2,1-6H3;/q2*-1;/i;3D3,11D2;. The van der Waals surface area contributed by atoms with Gasteiger partial charge >= 0.3 is 0 Å². The SMILES string of the molecule is [2H]C([2H])([2H])c1c[c-]c(-c2cc(C([2H])([2H])C(C)C)c([Si](C)(C)C)cn2)cc1.[Ir].[c-]1ccc2c(oc3ccccc32)c1-c1nc2ccccc2n1-c1cccc(-c2ccccc2)c1. The first-order chi connectivity index (χ1) is 28.6. The molecule has 0 unspecified atom stereocenters. The minimum absolute atomic E-state index is 0. The Morgan fingerprint density at radius 3 is 2.34 bits per heavy atom. The van der Waals surface area contributed by atoms with Crippen LogP contribution in [-0.2, 0) is 26.5 Å².